The van der Waals surface area contributed by atoms with Crippen LogP contribution in [0.5, 0.6) is 0 Å². The van der Waals surface area contributed by atoms with Crippen molar-refractivity contribution in [3.63, 3.8) is 0 Å². The van der Waals surface area contributed by atoms with Crippen LogP contribution in [0.25, 0.3) is 0 Å². The fraction of sp³-hybridized carbons (Fsp3) is 0.960. The van der Waals surface area contributed by atoms with Crippen molar-refractivity contribution in [2.75, 3.05) is 27.2 Å². The standard InChI is InChI=1S/C25H51NO3/c1-5-7-8-9-10-11-12-13-14-15-16-18-21-25(29,6-2)23-26(3,4)22-19-17-20-24(27)28/h29H,5-23H2,1-4H3/p+1. The van der Waals surface area contributed by atoms with Gasteiger partial charge >= 0.3 is 5.97 Å². The van der Waals surface area contributed by atoms with E-state index >= 15 is 0 Å². The van der Waals surface area contributed by atoms with E-state index in [1.165, 1.54) is 70.6 Å². The molecule has 0 rings (SSSR count). The summed E-state index contributed by atoms with van der Waals surface area (Å²) in [6.07, 6.45) is 19.6. The Morgan fingerprint density at radius 2 is 1.24 bits per heavy atom. The Labute approximate surface area is 181 Å². The van der Waals surface area contributed by atoms with E-state index in [4.69, 9.17) is 5.11 Å². The van der Waals surface area contributed by atoms with Crippen LogP contribution >= 0.6 is 0 Å². The number of carboxylic acid groups (broad SMARTS) is 1. The molecule has 29 heavy (non-hydrogen) atoms. The summed E-state index contributed by atoms with van der Waals surface area (Å²) < 4.78 is 0.766. The van der Waals surface area contributed by atoms with Gasteiger partial charge in [-0.2, -0.15) is 0 Å². The van der Waals surface area contributed by atoms with E-state index in [0.717, 1.165) is 49.7 Å². The Balaban J connectivity index is 3.82. The zero-order valence-electron chi connectivity index (χ0n) is 20.2. The average molecular weight is 415 g/mol. The number of hydrogen-bond donors (Lipinski definition) is 2. The largest absolute Gasteiger partial charge is 0.481 e. The molecule has 0 spiro atoms. The number of quaternary nitrogens is 1. The van der Waals surface area contributed by atoms with E-state index in [1.54, 1.807) is 0 Å². The molecule has 0 radical (unpaired) electrons. The van der Waals surface area contributed by atoms with Gasteiger partial charge in [0.1, 0.15) is 12.1 Å². The van der Waals surface area contributed by atoms with Crippen molar-refractivity contribution >= 4 is 5.97 Å². The molecule has 0 aromatic heterocycles. The zero-order chi connectivity index (χ0) is 22.0. The molecule has 4 heteroatoms. The highest BCUT2D eigenvalue weighted by molar-refractivity contribution is 5.66. The topological polar surface area (TPSA) is 57.5 Å². The summed E-state index contributed by atoms with van der Waals surface area (Å²) in [6, 6.07) is 0. The first kappa shape index (κ1) is 28.4. The van der Waals surface area contributed by atoms with Gasteiger partial charge in [-0.15, -0.1) is 0 Å². The highest BCUT2D eigenvalue weighted by Gasteiger charge is 2.32. The van der Waals surface area contributed by atoms with E-state index < -0.39 is 11.6 Å². The van der Waals surface area contributed by atoms with Crippen LogP contribution in [0.1, 0.15) is 123 Å². The molecule has 0 aliphatic rings. The van der Waals surface area contributed by atoms with Gasteiger partial charge in [0.2, 0.25) is 0 Å². The van der Waals surface area contributed by atoms with Crippen molar-refractivity contribution < 1.29 is 19.5 Å². The summed E-state index contributed by atoms with van der Waals surface area (Å²) in [5.41, 5.74) is -0.589. The van der Waals surface area contributed by atoms with Crippen LogP contribution in [0, 0.1) is 0 Å². The van der Waals surface area contributed by atoms with Crippen molar-refractivity contribution in [1.29, 1.82) is 0 Å². The number of carboxylic acids is 1. The number of carbonyl (C=O) groups is 1. The first-order valence-electron chi connectivity index (χ1n) is 12.5. The Bertz CT molecular complexity index is 398. The number of unbranched alkanes of at least 4 members (excludes halogenated alkanes) is 12. The molecule has 1 unspecified atom stereocenters. The van der Waals surface area contributed by atoms with Crippen LogP contribution in [0.4, 0.5) is 0 Å². The second-order valence-electron chi connectivity index (χ2n) is 9.89. The number of aliphatic hydroxyl groups is 1. The summed E-state index contributed by atoms with van der Waals surface area (Å²) in [6.45, 7) is 6.04. The lowest BCUT2D eigenvalue weighted by Gasteiger charge is -2.38. The van der Waals surface area contributed by atoms with Gasteiger partial charge < -0.3 is 14.7 Å². The molecule has 2 N–H and O–H groups in total. The molecule has 0 amide bonds. The number of rotatable bonds is 21. The number of aliphatic carboxylic acids is 1. The molecule has 0 aliphatic carbocycles. The second kappa shape index (κ2) is 17.1. The van der Waals surface area contributed by atoms with Gasteiger partial charge in [0, 0.05) is 6.42 Å². The number of likely N-dealkylation sites (N-methyl/N-ethyl adjacent to an activating group) is 1. The van der Waals surface area contributed by atoms with Gasteiger partial charge in [0.15, 0.2) is 0 Å². The van der Waals surface area contributed by atoms with Gasteiger partial charge in [-0.1, -0.05) is 90.9 Å². The third kappa shape index (κ3) is 17.9. The van der Waals surface area contributed by atoms with Crippen LogP contribution in [-0.4, -0.2) is 53.5 Å². The summed E-state index contributed by atoms with van der Waals surface area (Å²) in [5.74, 6) is -0.715. The minimum Gasteiger partial charge on any atom is -0.481 e. The Hall–Kier alpha value is -0.610. The Kier molecular flexibility index (Phi) is 16.7. The molecule has 0 heterocycles. The molecule has 0 aliphatic heterocycles. The third-order valence-corrected chi connectivity index (χ3v) is 6.28. The van der Waals surface area contributed by atoms with E-state index in [1.807, 2.05) is 0 Å². The van der Waals surface area contributed by atoms with Crippen molar-refractivity contribution in [1.82, 2.24) is 0 Å². The fourth-order valence-electron chi connectivity index (χ4n) is 4.35. The molecule has 0 saturated carbocycles. The molecule has 0 aromatic carbocycles. The predicted molar refractivity (Wildman–Crippen MR) is 124 cm³/mol. The minimum absolute atomic E-state index is 0.247. The predicted octanol–water partition coefficient (Wildman–Crippen LogP) is 6.55. The van der Waals surface area contributed by atoms with Crippen LogP contribution in [-0.2, 0) is 4.79 Å². The number of nitrogens with zero attached hydrogens (tertiary/aromatic N) is 1. The summed E-state index contributed by atoms with van der Waals surface area (Å²) in [5, 5.41) is 19.8. The van der Waals surface area contributed by atoms with E-state index in [2.05, 4.69) is 27.9 Å². The zero-order valence-corrected chi connectivity index (χ0v) is 20.2. The van der Waals surface area contributed by atoms with E-state index in [9.17, 15) is 9.90 Å². The third-order valence-electron chi connectivity index (χ3n) is 6.28. The normalized spacial score (nSPS) is 14.1. The maximum atomic E-state index is 11.1. The quantitative estimate of drug-likeness (QED) is 0.165. The van der Waals surface area contributed by atoms with E-state index in [0.29, 0.717) is 0 Å². The number of hydrogen-bond acceptors (Lipinski definition) is 2. The smallest absolute Gasteiger partial charge is 0.303 e. The molecule has 0 bridgehead atoms. The van der Waals surface area contributed by atoms with Crippen LogP contribution in [0.3, 0.4) is 0 Å². The van der Waals surface area contributed by atoms with Crippen LogP contribution in [0.15, 0.2) is 0 Å². The fourth-order valence-corrected chi connectivity index (χ4v) is 4.35. The lowest BCUT2D eigenvalue weighted by Crippen LogP contribution is -2.52. The SMILES string of the molecule is CCCCCCCCCCCCCCC(O)(CC)C[N+](C)(C)CCCCC(=O)O. The van der Waals surface area contributed by atoms with Gasteiger partial charge in [-0.25, -0.2) is 0 Å². The molecular formula is C25H52NO3+. The van der Waals surface area contributed by atoms with Gasteiger partial charge in [0.25, 0.3) is 0 Å². The van der Waals surface area contributed by atoms with Gasteiger partial charge in [-0.05, 0) is 25.7 Å². The van der Waals surface area contributed by atoms with Gasteiger partial charge in [0.05, 0.1) is 20.6 Å². The lowest BCUT2D eigenvalue weighted by atomic mass is 9.91. The van der Waals surface area contributed by atoms with Crippen molar-refractivity contribution in [3.8, 4) is 0 Å². The van der Waals surface area contributed by atoms with Crippen molar-refractivity contribution in [2.45, 2.75) is 129 Å². The molecule has 174 valence electrons. The molecule has 0 fully saturated rings. The van der Waals surface area contributed by atoms with Crippen molar-refractivity contribution in [2.24, 2.45) is 0 Å². The maximum Gasteiger partial charge on any atom is 0.303 e. The molecule has 0 aromatic rings. The first-order valence-corrected chi connectivity index (χ1v) is 12.5. The van der Waals surface area contributed by atoms with Crippen LogP contribution < -0.4 is 0 Å². The summed E-state index contributed by atoms with van der Waals surface area (Å²) >= 11 is 0. The van der Waals surface area contributed by atoms with Crippen molar-refractivity contribution in [3.05, 3.63) is 0 Å². The van der Waals surface area contributed by atoms with Crippen LogP contribution in [0.2, 0.25) is 0 Å². The molecule has 4 nitrogen and oxygen atoms in total. The maximum absolute atomic E-state index is 11.1. The average Bonchev–Trinajstić information content (AvgIpc) is 2.65. The Morgan fingerprint density at radius 3 is 1.69 bits per heavy atom. The molecular weight excluding hydrogens is 362 g/mol. The highest BCUT2D eigenvalue weighted by atomic mass is 16.4. The Morgan fingerprint density at radius 1 is 0.759 bits per heavy atom. The van der Waals surface area contributed by atoms with Gasteiger partial charge in [-0.3, -0.25) is 4.79 Å². The minimum atomic E-state index is -0.715. The highest BCUT2D eigenvalue weighted by Crippen LogP contribution is 2.23. The summed E-state index contributed by atoms with van der Waals surface area (Å²) in [4.78, 5) is 10.6. The monoisotopic (exact) mass is 414 g/mol. The second-order valence-corrected chi connectivity index (χ2v) is 9.89. The lowest BCUT2D eigenvalue weighted by molar-refractivity contribution is -0.897. The molecule has 0 saturated heterocycles. The first-order chi connectivity index (χ1) is 13.7. The molecule has 1 atom stereocenters. The summed E-state index contributed by atoms with van der Waals surface area (Å²) in [7, 11) is 4.31. The van der Waals surface area contributed by atoms with E-state index in [-0.39, 0.29) is 6.42 Å².